The zero-order valence-corrected chi connectivity index (χ0v) is 15.9. The van der Waals surface area contributed by atoms with Crippen molar-refractivity contribution in [3.05, 3.63) is 23.2 Å². The number of amides is 2. The Bertz CT molecular complexity index is 542. The molecule has 0 unspecified atom stereocenters. The fourth-order valence-corrected chi connectivity index (χ4v) is 2.17. The monoisotopic (exact) mass is 374 g/mol. The lowest BCUT2D eigenvalue weighted by Gasteiger charge is -2.22. The predicted octanol–water partition coefficient (Wildman–Crippen LogP) is 2.61. The number of rotatable bonds is 10. The van der Waals surface area contributed by atoms with Crippen molar-refractivity contribution in [1.29, 1.82) is 0 Å². The van der Waals surface area contributed by atoms with E-state index in [2.05, 4.69) is 5.32 Å². The van der Waals surface area contributed by atoms with Crippen LogP contribution in [0.3, 0.4) is 0 Å². The summed E-state index contributed by atoms with van der Waals surface area (Å²) in [6.07, 6.45) is -0.650. The van der Waals surface area contributed by atoms with Gasteiger partial charge in [-0.2, -0.15) is 0 Å². The molecule has 0 saturated heterocycles. The fourth-order valence-electron chi connectivity index (χ4n) is 2.00. The average Bonchev–Trinajstić information content (AvgIpc) is 2.54. The van der Waals surface area contributed by atoms with E-state index >= 15 is 0 Å². The van der Waals surface area contributed by atoms with E-state index in [0.717, 1.165) is 0 Å². The van der Waals surface area contributed by atoms with E-state index < -0.39 is 6.10 Å². The van der Waals surface area contributed by atoms with Gasteiger partial charge in [-0.3, -0.25) is 0 Å². The van der Waals surface area contributed by atoms with Crippen molar-refractivity contribution in [2.24, 2.45) is 0 Å². The highest BCUT2D eigenvalue weighted by molar-refractivity contribution is 6.31. The van der Waals surface area contributed by atoms with E-state index in [0.29, 0.717) is 29.7 Å². The van der Waals surface area contributed by atoms with Crippen LogP contribution in [-0.4, -0.2) is 68.8 Å². The van der Waals surface area contributed by atoms with Crippen LogP contribution >= 0.6 is 11.6 Å². The lowest BCUT2D eigenvalue weighted by Crippen LogP contribution is -2.39. The minimum absolute atomic E-state index is 0.125. The van der Waals surface area contributed by atoms with Gasteiger partial charge in [0.1, 0.15) is 5.75 Å². The van der Waals surface area contributed by atoms with Crippen molar-refractivity contribution in [3.63, 3.8) is 0 Å². The van der Waals surface area contributed by atoms with Gasteiger partial charge in [0.25, 0.3) is 0 Å². The molecule has 0 spiro atoms. The number of nitrogens with one attached hydrogen (secondary N) is 1. The molecule has 142 valence electrons. The summed E-state index contributed by atoms with van der Waals surface area (Å²) in [5.41, 5.74) is 0.462. The third-order valence-corrected chi connectivity index (χ3v) is 3.46. The molecule has 0 heterocycles. The Labute approximate surface area is 153 Å². The molecule has 0 aliphatic rings. The Hall–Kier alpha value is -1.54. The number of urea groups is 1. The van der Waals surface area contributed by atoms with Crippen molar-refractivity contribution in [2.75, 3.05) is 45.8 Å². The minimum Gasteiger partial charge on any atom is -0.495 e. The van der Waals surface area contributed by atoms with E-state index in [1.54, 1.807) is 25.2 Å². The largest absolute Gasteiger partial charge is 0.495 e. The number of halogens is 1. The summed E-state index contributed by atoms with van der Waals surface area (Å²) in [7, 11) is 3.09. The van der Waals surface area contributed by atoms with Gasteiger partial charge < -0.3 is 29.5 Å². The second kappa shape index (κ2) is 11.1. The zero-order chi connectivity index (χ0) is 18.8. The number of nitrogens with zero attached hydrogens (tertiary/aromatic N) is 1. The zero-order valence-electron chi connectivity index (χ0n) is 15.1. The van der Waals surface area contributed by atoms with Gasteiger partial charge in [-0.15, -0.1) is 0 Å². The van der Waals surface area contributed by atoms with Crippen LogP contribution in [0.2, 0.25) is 5.02 Å². The van der Waals surface area contributed by atoms with Crippen LogP contribution < -0.4 is 10.1 Å². The summed E-state index contributed by atoms with van der Waals surface area (Å²) in [5.74, 6) is 0.500. The Balaban J connectivity index is 2.40. The number of carbonyl (C=O) groups is 1. The van der Waals surface area contributed by atoms with Crippen molar-refractivity contribution < 1.29 is 24.1 Å². The maximum Gasteiger partial charge on any atom is 0.321 e. The quantitative estimate of drug-likeness (QED) is 0.615. The summed E-state index contributed by atoms with van der Waals surface area (Å²) < 4.78 is 15.8. The normalized spacial score (nSPS) is 12.1. The molecule has 0 bridgehead atoms. The summed E-state index contributed by atoms with van der Waals surface area (Å²) in [4.78, 5) is 13.6. The molecule has 8 heteroatoms. The molecule has 1 aromatic rings. The first-order chi connectivity index (χ1) is 11.8. The molecular weight excluding hydrogens is 348 g/mol. The van der Waals surface area contributed by atoms with Crippen molar-refractivity contribution in [2.45, 2.75) is 26.1 Å². The van der Waals surface area contributed by atoms with Crippen LogP contribution in [-0.2, 0) is 9.47 Å². The molecule has 1 atom stereocenters. The number of aliphatic hydroxyl groups excluding tert-OH is 1. The highest BCUT2D eigenvalue weighted by Crippen LogP contribution is 2.27. The molecule has 0 fully saturated rings. The smallest absolute Gasteiger partial charge is 0.321 e. The average molecular weight is 375 g/mol. The van der Waals surface area contributed by atoms with Gasteiger partial charge in [0.2, 0.25) is 0 Å². The Morgan fingerprint density at radius 2 is 2.08 bits per heavy atom. The van der Waals surface area contributed by atoms with Gasteiger partial charge in [0, 0.05) is 12.1 Å². The van der Waals surface area contributed by atoms with Crippen molar-refractivity contribution >= 4 is 23.3 Å². The number of hydrogen-bond donors (Lipinski definition) is 2. The Kier molecular flexibility index (Phi) is 9.59. The number of likely N-dealkylation sites (N-methyl/N-ethyl adjacent to an activating group) is 1. The number of hydrogen-bond acceptors (Lipinski definition) is 5. The second-order valence-corrected chi connectivity index (χ2v) is 6.24. The predicted molar refractivity (Wildman–Crippen MR) is 97.6 cm³/mol. The van der Waals surface area contributed by atoms with E-state index in [1.807, 2.05) is 13.8 Å². The lowest BCUT2D eigenvalue weighted by atomic mass is 10.3. The van der Waals surface area contributed by atoms with Gasteiger partial charge in [0.05, 0.1) is 51.4 Å². The number of aliphatic hydroxyl groups is 1. The molecule has 0 aromatic heterocycles. The number of methoxy groups -OCH3 is 1. The maximum absolute atomic E-state index is 12.2. The molecule has 0 aliphatic heterocycles. The highest BCUT2D eigenvalue weighted by Gasteiger charge is 2.16. The van der Waals surface area contributed by atoms with Crippen LogP contribution in [0.5, 0.6) is 5.75 Å². The van der Waals surface area contributed by atoms with E-state index in [9.17, 15) is 9.90 Å². The third kappa shape index (κ3) is 8.40. The molecule has 7 nitrogen and oxygen atoms in total. The SMILES string of the molecule is COc1ccc(Cl)cc1NC(=O)N(C)C[C@H](O)COCCOC(C)C. The number of carbonyl (C=O) groups excluding carboxylic acids is 1. The first-order valence-electron chi connectivity index (χ1n) is 8.06. The number of anilines is 1. The second-order valence-electron chi connectivity index (χ2n) is 5.80. The van der Waals surface area contributed by atoms with Crippen LogP contribution in [0.15, 0.2) is 18.2 Å². The van der Waals surface area contributed by atoms with Crippen molar-refractivity contribution in [1.82, 2.24) is 4.90 Å². The van der Waals surface area contributed by atoms with Gasteiger partial charge >= 0.3 is 6.03 Å². The molecule has 2 N–H and O–H groups in total. The molecule has 0 saturated carbocycles. The van der Waals surface area contributed by atoms with Gasteiger partial charge in [0.15, 0.2) is 0 Å². The first-order valence-corrected chi connectivity index (χ1v) is 8.44. The van der Waals surface area contributed by atoms with Crippen LogP contribution in [0.1, 0.15) is 13.8 Å². The Morgan fingerprint density at radius 1 is 1.36 bits per heavy atom. The first kappa shape index (κ1) is 21.5. The van der Waals surface area contributed by atoms with Crippen LogP contribution in [0.4, 0.5) is 10.5 Å². The molecule has 1 rings (SSSR count). The molecule has 0 aliphatic carbocycles. The van der Waals surface area contributed by atoms with E-state index in [4.69, 9.17) is 25.8 Å². The molecular formula is C17H27ClN2O5. The van der Waals surface area contributed by atoms with E-state index in [1.165, 1.54) is 12.0 Å². The van der Waals surface area contributed by atoms with Crippen LogP contribution in [0, 0.1) is 0 Å². The summed E-state index contributed by atoms with van der Waals surface area (Å²) in [6.45, 7) is 4.99. The molecule has 0 radical (unpaired) electrons. The highest BCUT2D eigenvalue weighted by atomic mass is 35.5. The minimum atomic E-state index is -0.795. The Morgan fingerprint density at radius 3 is 2.72 bits per heavy atom. The van der Waals surface area contributed by atoms with E-state index in [-0.39, 0.29) is 25.3 Å². The van der Waals surface area contributed by atoms with Gasteiger partial charge in [-0.1, -0.05) is 11.6 Å². The van der Waals surface area contributed by atoms with Crippen molar-refractivity contribution in [3.8, 4) is 5.75 Å². The molecule has 25 heavy (non-hydrogen) atoms. The number of benzene rings is 1. The lowest BCUT2D eigenvalue weighted by molar-refractivity contribution is -0.0144. The summed E-state index contributed by atoms with van der Waals surface area (Å²) in [6, 6.07) is 4.55. The standard InChI is InChI=1S/C17H27ClN2O5/c1-12(2)25-8-7-24-11-14(21)10-20(3)17(22)19-15-9-13(18)5-6-16(15)23-4/h5-6,9,12,14,21H,7-8,10-11H2,1-4H3,(H,19,22)/t14-/m0/s1. The fraction of sp³-hybridized carbons (Fsp3) is 0.588. The third-order valence-electron chi connectivity index (χ3n) is 3.22. The molecule has 1 aromatic carbocycles. The van der Waals surface area contributed by atoms with Gasteiger partial charge in [-0.05, 0) is 32.0 Å². The summed E-state index contributed by atoms with van der Waals surface area (Å²) >= 11 is 5.94. The van der Waals surface area contributed by atoms with Gasteiger partial charge in [-0.25, -0.2) is 4.79 Å². The number of ether oxygens (including phenoxy) is 3. The maximum atomic E-state index is 12.2. The molecule has 2 amide bonds. The van der Waals surface area contributed by atoms with Crippen LogP contribution in [0.25, 0.3) is 0 Å². The topological polar surface area (TPSA) is 80.3 Å². The summed E-state index contributed by atoms with van der Waals surface area (Å²) in [5, 5.41) is 13.1.